The Morgan fingerprint density at radius 3 is 2.72 bits per heavy atom. The molecule has 1 aliphatic heterocycles. The molecule has 4 rings (SSSR count). The lowest BCUT2D eigenvalue weighted by Gasteiger charge is -2.10. The van der Waals surface area contributed by atoms with Crippen LogP contribution in [0.5, 0.6) is 0 Å². The van der Waals surface area contributed by atoms with Gasteiger partial charge in [0.25, 0.3) is 10.0 Å². The van der Waals surface area contributed by atoms with Crippen LogP contribution in [0.25, 0.3) is 11.4 Å². The van der Waals surface area contributed by atoms with Gasteiger partial charge >= 0.3 is 5.97 Å². The number of sulfonamides is 1. The molecule has 0 spiro atoms. The molecule has 8 nitrogen and oxygen atoms in total. The Bertz CT molecular complexity index is 1150. The van der Waals surface area contributed by atoms with E-state index in [1.165, 1.54) is 24.3 Å². The maximum Gasteiger partial charge on any atom is 0.338 e. The Balaban J connectivity index is 1.56. The number of esters is 1. The average molecular weight is 412 g/mol. The van der Waals surface area contributed by atoms with Crippen LogP contribution in [0, 0.1) is 0 Å². The molecule has 1 aromatic heterocycles. The van der Waals surface area contributed by atoms with Gasteiger partial charge in [0.15, 0.2) is 5.82 Å². The average Bonchev–Trinajstić information content (AvgIpc) is 3.32. The number of fused-ring (bicyclic) bond motifs is 1. The summed E-state index contributed by atoms with van der Waals surface area (Å²) in [5.41, 5.74) is 1.52. The van der Waals surface area contributed by atoms with Gasteiger partial charge in [0.1, 0.15) is 5.82 Å². The van der Waals surface area contributed by atoms with E-state index in [0.717, 1.165) is 36.6 Å². The van der Waals surface area contributed by atoms with Gasteiger partial charge in [-0.3, -0.25) is 4.72 Å². The maximum atomic E-state index is 12.7. The van der Waals surface area contributed by atoms with E-state index in [9.17, 15) is 13.2 Å². The van der Waals surface area contributed by atoms with Gasteiger partial charge in [0.2, 0.25) is 0 Å². The van der Waals surface area contributed by atoms with E-state index in [0.29, 0.717) is 11.3 Å². The number of anilines is 1. The van der Waals surface area contributed by atoms with E-state index in [1.54, 1.807) is 25.1 Å². The highest BCUT2D eigenvalue weighted by atomic mass is 32.2. The third-order valence-electron chi connectivity index (χ3n) is 4.66. The van der Waals surface area contributed by atoms with Crippen LogP contribution in [0.3, 0.4) is 0 Å². The monoisotopic (exact) mass is 412 g/mol. The van der Waals surface area contributed by atoms with Gasteiger partial charge in [0.05, 0.1) is 17.1 Å². The van der Waals surface area contributed by atoms with E-state index in [1.807, 2.05) is 6.07 Å². The minimum Gasteiger partial charge on any atom is -0.462 e. The van der Waals surface area contributed by atoms with Gasteiger partial charge in [-0.1, -0.05) is 12.1 Å². The molecule has 29 heavy (non-hydrogen) atoms. The quantitative estimate of drug-likeness (QED) is 0.625. The number of rotatable bonds is 6. The molecular formula is C20H20N4O4S. The number of ether oxygens (including phenoxy) is 1. The van der Waals surface area contributed by atoms with Crippen molar-refractivity contribution in [2.45, 2.75) is 31.2 Å². The first kappa shape index (κ1) is 19.1. The van der Waals surface area contributed by atoms with E-state index < -0.39 is 16.0 Å². The van der Waals surface area contributed by atoms with Crippen molar-refractivity contribution in [2.75, 3.05) is 11.3 Å². The summed E-state index contributed by atoms with van der Waals surface area (Å²) in [4.78, 5) is 11.8. The van der Waals surface area contributed by atoms with Crippen LogP contribution >= 0.6 is 0 Å². The normalized spacial score (nSPS) is 13.1. The Kier molecular flexibility index (Phi) is 5.06. The first-order valence-electron chi connectivity index (χ1n) is 9.30. The van der Waals surface area contributed by atoms with Gasteiger partial charge in [-0.05, 0) is 49.7 Å². The zero-order chi connectivity index (χ0) is 20.4. The molecule has 0 aliphatic carbocycles. The van der Waals surface area contributed by atoms with Crippen molar-refractivity contribution in [3.63, 3.8) is 0 Å². The van der Waals surface area contributed by atoms with Crippen LogP contribution < -0.4 is 4.72 Å². The van der Waals surface area contributed by atoms with Crippen LogP contribution in [0.15, 0.2) is 53.4 Å². The summed E-state index contributed by atoms with van der Waals surface area (Å²) in [7, 11) is -3.81. The summed E-state index contributed by atoms with van der Waals surface area (Å²) in [6.45, 7) is 2.83. The molecule has 0 saturated heterocycles. The van der Waals surface area contributed by atoms with Crippen LogP contribution in [-0.4, -0.2) is 35.8 Å². The molecule has 0 saturated carbocycles. The van der Waals surface area contributed by atoms with Gasteiger partial charge in [-0.2, -0.15) is 0 Å². The fourth-order valence-electron chi connectivity index (χ4n) is 3.28. The van der Waals surface area contributed by atoms with Crippen LogP contribution in [0.2, 0.25) is 0 Å². The van der Waals surface area contributed by atoms with Crippen molar-refractivity contribution in [2.24, 2.45) is 0 Å². The molecule has 3 aromatic rings. The van der Waals surface area contributed by atoms with E-state index in [4.69, 9.17) is 4.74 Å². The zero-order valence-electron chi connectivity index (χ0n) is 15.8. The molecule has 150 valence electrons. The predicted octanol–water partition coefficient (Wildman–Crippen LogP) is 2.87. The van der Waals surface area contributed by atoms with Crippen LogP contribution in [0.4, 0.5) is 5.69 Å². The number of nitrogens with zero attached hydrogens (tertiary/aromatic N) is 3. The fraction of sp³-hybridized carbons (Fsp3) is 0.250. The topological polar surface area (TPSA) is 103 Å². The number of carbonyl (C=O) groups is 1. The number of carbonyl (C=O) groups excluding carboxylic acids is 1. The highest BCUT2D eigenvalue weighted by Crippen LogP contribution is 2.26. The second-order valence-corrected chi connectivity index (χ2v) is 8.31. The van der Waals surface area contributed by atoms with Gasteiger partial charge in [0, 0.05) is 24.2 Å². The molecule has 1 aliphatic rings. The number of nitrogens with one attached hydrogen (secondary N) is 1. The number of hydrogen-bond donors (Lipinski definition) is 1. The number of aryl methyl sites for hydroxylation is 1. The minimum absolute atomic E-state index is 0.0549. The molecule has 0 radical (unpaired) electrons. The first-order valence-corrected chi connectivity index (χ1v) is 10.8. The maximum absolute atomic E-state index is 12.7. The number of hydrogen-bond acceptors (Lipinski definition) is 6. The summed E-state index contributed by atoms with van der Waals surface area (Å²) in [5, 5.41) is 8.43. The predicted molar refractivity (Wildman–Crippen MR) is 107 cm³/mol. The van der Waals surface area contributed by atoms with Crippen molar-refractivity contribution >= 4 is 21.7 Å². The lowest BCUT2D eigenvalue weighted by atomic mass is 10.2. The molecule has 0 atom stereocenters. The van der Waals surface area contributed by atoms with E-state index in [-0.39, 0.29) is 11.5 Å². The number of benzene rings is 2. The second-order valence-electron chi connectivity index (χ2n) is 6.63. The largest absolute Gasteiger partial charge is 0.462 e. The molecule has 2 heterocycles. The lowest BCUT2D eigenvalue weighted by molar-refractivity contribution is 0.0526. The highest BCUT2D eigenvalue weighted by molar-refractivity contribution is 7.92. The van der Waals surface area contributed by atoms with Crippen molar-refractivity contribution in [3.8, 4) is 11.4 Å². The van der Waals surface area contributed by atoms with Crippen LogP contribution in [-0.2, 0) is 27.7 Å². The second kappa shape index (κ2) is 7.67. The van der Waals surface area contributed by atoms with Gasteiger partial charge < -0.3 is 9.30 Å². The summed E-state index contributed by atoms with van der Waals surface area (Å²) in [5.74, 6) is 1.20. The smallest absolute Gasteiger partial charge is 0.338 e. The Hall–Kier alpha value is -3.20. The number of aromatic nitrogens is 3. The standard InChI is InChI=1S/C20H20N4O4S/c1-2-28-20(25)14-8-10-17(11-9-14)29(26,27)23-16-6-3-5-15(13-16)19-22-21-18-7-4-12-24(18)19/h3,5-6,8-11,13,23H,2,4,7,12H2,1H3. The van der Waals surface area contributed by atoms with Crippen LogP contribution in [0.1, 0.15) is 29.5 Å². The van der Waals surface area contributed by atoms with Crippen molar-refractivity contribution in [3.05, 3.63) is 59.9 Å². The minimum atomic E-state index is -3.81. The van der Waals surface area contributed by atoms with Crippen molar-refractivity contribution < 1.29 is 17.9 Å². The lowest BCUT2D eigenvalue weighted by Crippen LogP contribution is -2.13. The van der Waals surface area contributed by atoms with Crippen molar-refractivity contribution in [1.29, 1.82) is 0 Å². The summed E-state index contributed by atoms with van der Waals surface area (Å²) >= 11 is 0. The summed E-state index contributed by atoms with van der Waals surface area (Å²) in [6.07, 6.45) is 1.94. The highest BCUT2D eigenvalue weighted by Gasteiger charge is 2.20. The molecule has 1 N–H and O–H groups in total. The summed E-state index contributed by atoms with van der Waals surface area (Å²) in [6, 6.07) is 12.7. The Morgan fingerprint density at radius 1 is 1.17 bits per heavy atom. The molecule has 2 aromatic carbocycles. The first-order chi connectivity index (χ1) is 14.0. The molecule has 0 bridgehead atoms. The Morgan fingerprint density at radius 2 is 1.97 bits per heavy atom. The third-order valence-corrected chi connectivity index (χ3v) is 6.06. The summed E-state index contributed by atoms with van der Waals surface area (Å²) < 4.78 is 35.0. The van der Waals surface area contributed by atoms with Crippen molar-refractivity contribution in [1.82, 2.24) is 14.8 Å². The fourth-order valence-corrected chi connectivity index (χ4v) is 4.33. The molecular weight excluding hydrogens is 392 g/mol. The SMILES string of the molecule is CCOC(=O)c1ccc(S(=O)(=O)Nc2cccc(-c3nnc4n3CCC4)c2)cc1. The molecule has 0 fully saturated rings. The zero-order valence-corrected chi connectivity index (χ0v) is 16.6. The molecule has 9 heteroatoms. The Labute approximate surface area is 168 Å². The van der Waals surface area contributed by atoms with E-state index >= 15 is 0 Å². The molecule has 0 amide bonds. The molecule has 0 unspecified atom stereocenters. The van der Waals surface area contributed by atoms with Gasteiger partial charge in [-0.15, -0.1) is 10.2 Å². The van der Waals surface area contributed by atoms with Gasteiger partial charge in [-0.25, -0.2) is 13.2 Å². The third kappa shape index (κ3) is 3.86. The van der Waals surface area contributed by atoms with E-state index in [2.05, 4.69) is 19.5 Å².